The van der Waals surface area contributed by atoms with Crippen LogP contribution in [0.15, 0.2) is 64.0 Å². The molecule has 1 N–H and O–H groups in total. The van der Waals surface area contributed by atoms with E-state index in [0.29, 0.717) is 24.7 Å². The second kappa shape index (κ2) is 10.0. The number of anilines is 1. The number of sulfonamides is 1. The lowest BCUT2D eigenvalue weighted by Crippen LogP contribution is -2.40. The van der Waals surface area contributed by atoms with Crippen molar-refractivity contribution in [2.45, 2.75) is 11.8 Å². The number of morpholine rings is 1. The van der Waals surface area contributed by atoms with E-state index >= 15 is 0 Å². The maximum atomic E-state index is 13.1. The molecule has 10 nitrogen and oxygen atoms in total. The highest BCUT2D eigenvalue weighted by Gasteiger charge is 2.27. The molecule has 2 heterocycles. The van der Waals surface area contributed by atoms with Crippen LogP contribution >= 0.6 is 0 Å². The first-order valence-corrected chi connectivity index (χ1v) is 11.7. The summed E-state index contributed by atoms with van der Waals surface area (Å²) in [5.74, 6) is 1.02. The fraction of sp³-hybridized carbons (Fsp3) is 0.273. The summed E-state index contributed by atoms with van der Waals surface area (Å²) < 4.78 is 48.9. The third-order valence-electron chi connectivity index (χ3n) is 4.76. The quantitative estimate of drug-likeness (QED) is 0.530. The van der Waals surface area contributed by atoms with Crippen LogP contribution in [0.25, 0.3) is 0 Å². The Kier molecular flexibility index (Phi) is 6.92. The van der Waals surface area contributed by atoms with E-state index in [9.17, 15) is 13.2 Å². The molecule has 1 amide bonds. The Morgan fingerprint density at radius 1 is 1.12 bits per heavy atom. The Bertz CT molecular complexity index is 1210. The molecule has 11 heteroatoms. The predicted molar refractivity (Wildman–Crippen MR) is 118 cm³/mol. The number of aryl methyl sites for hydroxylation is 1. The Balaban J connectivity index is 1.57. The summed E-state index contributed by atoms with van der Waals surface area (Å²) in [6.45, 7) is 2.53. The van der Waals surface area contributed by atoms with Crippen molar-refractivity contribution in [1.29, 1.82) is 0 Å². The van der Waals surface area contributed by atoms with Gasteiger partial charge in [0.25, 0.3) is 11.8 Å². The summed E-state index contributed by atoms with van der Waals surface area (Å²) in [7, 11) is -3.77. The van der Waals surface area contributed by atoms with Crippen LogP contribution in [-0.4, -0.2) is 56.7 Å². The molecule has 1 aliphatic rings. The van der Waals surface area contributed by atoms with Crippen molar-refractivity contribution in [3.8, 4) is 17.4 Å². The van der Waals surface area contributed by atoms with E-state index in [0.717, 1.165) is 0 Å². The third-order valence-corrected chi connectivity index (χ3v) is 6.66. The monoisotopic (exact) mass is 473 g/mol. The minimum absolute atomic E-state index is 0.0353. The maximum absolute atomic E-state index is 13.1. The van der Waals surface area contributed by atoms with E-state index in [1.54, 1.807) is 37.3 Å². The van der Waals surface area contributed by atoms with Gasteiger partial charge >= 0.3 is 0 Å². The molecule has 0 saturated carbocycles. The van der Waals surface area contributed by atoms with Crippen LogP contribution in [0.1, 0.15) is 5.76 Å². The highest BCUT2D eigenvalue weighted by Crippen LogP contribution is 2.33. The van der Waals surface area contributed by atoms with Gasteiger partial charge in [-0.2, -0.15) is 4.31 Å². The number of para-hydroxylation sites is 1. The minimum atomic E-state index is -3.77. The number of benzene rings is 2. The van der Waals surface area contributed by atoms with Crippen LogP contribution in [0.5, 0.6) is 17.4 Å². The maximum Gasteiger partial charge on any atom is 0.262 e. The van der Waals surface area contributed by atoms with Crippen LogP contribution in [0.3, 0.4) is 0 Å². The Morgan fingerprint density at radius 3 is 2.58 bits per heavy atom. The van der Waals surface area contributed by atoms with Crippen LogP contribution < -0.4 is 14.8 Å². The van der Waals surface area contributed by atoms with Gasteiger partial charge in [-0.3, -0.25) is 4.79 Å². The molecule has 0 atom stereocenters. The summed E-state index contributed by atoms with van der Waals surface area (Å²) in [5, 5.41) is 6.34. The summed E-state index contributed by atoms with van der Waals surface area (Å²) in [4.78, 5) is 12.6. The zero-order chi connectivity index (χ0) is 23.3. The van der Waals surface area contributed by atoms with E-state index in [1.165, 1.54) is 22.5 Å². The fourth-order valence-electron chi connectivity index (χ4n) is 3.15. The Labute approximate surface area is 191 Å². The topological polar surface area (TPSA) is 120 Å². The Morgan fingerprint density at radius 2 is 1.88 bits per heavy atom. The van der Waals surface area contributed by atoms with Crippen molar-refractivity contribution in [1.82, 2.24) is 9.46 Å². The van der Waals surface area contributed by atoms with Crippen molar-refractivity contribution >= 4 is 21.6 Å². The van der Waals surface area contributed by atoms with Gasteiger partial charge in [-0.25, -0.2) is 8.42 Å². The molecular weight excluding hydrogens is 450 g/mol. The number of nitrogens with one attached hydrogen (secondary N) is 1. The number of ether oxygens (including phenoxy) is 3. The standard InChI is InChI=1S/C22H23N3O7S/c1-16-13-22(24-32-16)30-15-21(26)23-19-14-18(33(27,28)25-9-11-29-12-10-25)7-8-20(19)31-17-5-3-2-4-6-17/h2-8,13-14H,9-12,15H2,1H3,(H,23,26). The van der Waals surface area contributed by atoms with Crippen molar-refractivity contribution < 1.29 is 31.9 Å². The normalized spacial score (nSPS) is 14.6. The molecule has 1 saturated heterocycles. The van der Waals surface area contributed by atoms with Gasteiger partial charge in [0.1, 0.15) is 11.5 Å². The molecule has 1 aliphatic heterocycles. The SMILES string of the molecule is Cc1cc(OCC(=O)Nc2cc(S(=O)(=O)N3CCOCC3)ccc2Oc2ccccc2)no1. The fourth-order valence-corrected chi connectivity index (χ4v) is 4.58. The average molecular weight is 474 g/mol. The smallest absolute Gasteiger partial charge is 0.262 e. The van der Waals surface area contributed by atoms with Gasteiger partial charge in [-0.05, 0) is 42.4 Å². The second-order valence-electron chi connectivity index (χ2n) is 7.20. The third kappa shape index (κ3) is 5.69. The lowest BCUT2D eigenvalue weighted by atomic mass is 10.2. The minimum Gasteiger partial charge on any atom is -0.465 e. The van der Waals surface area contributed by atoms with E-state index in [1.807, 2.05) is 6.07 Å². The molecule has 0 unspecified atom stereocenters. The van der Waals surface area contributed by atoms with Gasteiger partial charge in [0.2, 0.25) is 10.0 Å². The number of hydrogen-bond donors (Lipinski definition) is 1. The predicted octanol–water partition coefficient (Wildman–Crippen LogP) is 2.81. The van der Waals surface area contributed by atoms with Crippen molar-refractivity contribution in [2.24, 2.45) is 0 Å². The van der Waals surface area contributed by atoms with Gasteiger partial charge < -0.3 is 24.1 Å². The number of aromatic nitrogens is 1. The first-order valence-electron chi connectivity index (χ1n) is 10.2. The van der Waals surface area contributed by atoms with Gasteiger partial charge in [0, 0.05) is 19.2 Å². The summed E-state index contributed by atoms with van der Waals surface area (Å²) in [6.07, 6.45) is 0. The van der Waals surface area contributed by atoms with E-state index < -0.39 is 15.9 Å². The first-order chi connectivity index (χ1) is 15.9. The number of rotatable bonds is 8. The number of carbonyl (C=O) groups is 1. The lowest BCUT2D eigenvalue weighted by Gasteiger charge is -2.26. The summed E-state index contributed by atoms with van der Waals surface area (Å²) in [5.41, 5.74) is 0.193. The molecule has 0 radical (unpaired) electrons. The molecule has 0 spiro atoms. The molecule has 33 heavy (non-hydrogen) atoms. The molecule has 4 rings (SSSR count). The number of amides is 1. The van der Waals surface area contributed by atoms with Crippen LogP contribution in [-0.2, 0) is 19.6 Å². The van der Waals surface area contributed by atoms with Crippen LogP contribution in [0.4, 0.5) is 5.69 Å². The zero-order valence-electron chi connectivity index (χ0n) is 17.9. The van der Waals surface area contributed by atoms with E-state index in [2.05, 4.69) is 10.5 Å². The second-order valence-corrected chi connectivity index (χ2v) is 9.14. The van der Waals surface area contributed by atoms with Crippen molar-refractivity contribution in [3.05, 3.63) is 60.4 Å². The van der Waals surface area contributed by atoms with Gasteiger partial charge in [-0.1, -0.05) is 18.2 Å². The number of hydrogen-bond acceptors (Lipinski definition) is 8. The Hall–Kier alpha value is -3.41. The molecule has 174 valence electrons. The molecule has 0 bridgehead atoms. The van der Waals surface area contributed by atoms with Crippen LogP contribution in [0.2, 0.25) is 0 Å². The molecule has 1 aromatic heterocycles. The number of carbonyl (C=O) groups excluding carboxylic acids is 1. The molecular formula is C22H23N3O7S. The summed E-state index contributed by atoms with van der Waals surface area (Å²) >= 11 is 0. The van der Waals surface area contributed by atoms with Gasteiger partial charge in [0.15, 0.2) is 12.4 Å². The van der Waals surface area contributed by atoms with E-state index in [-0.39, 0.29) is 41.9 Å². The zero-order valence-corrected chi connectivity index (χ0v) is 18.7. The van der Waals surface area contributed by atoms with Gasteiger partial charge in [-0.15, -0.1) is 0 Å². The van der Waals surface area contributed by atoms with Crippen molar-refractivity contribution in [3.63, 3.8) is 0 Å². The molecule has 2 aromatic carbocycles. The first kappa shape index (κ1) is 22.8. The molecule has 1 fully saturated rings. The lowest BCUT2D eigenvalue weighted by molar-refractivity contribution is -0.118. The largest absolute Gasteiger partial charge is 0.465 e. The molecule has 3 aromatic rings. The highest BCUT2D eigenvalue weighted by molar-refractivity contribution is 7.89. The number of nitrogens with zero attached hydrogens (tertiary/aromatic N) is 2. The molecule has 0 aliphatic carbocycles. The van der Waals surface area contributed by atoms with Gasteiger partial charge in [0.05, 0.1) is 23.8 Å². The average Bonchev–Trinajstić information content (AvgIpc) is 3.25. The van der Waals surface area contributed by atoms with Crippen LogP contribution in [0, 0.1) is 6.92 Å². The summed E-state index contributed by atoms with van der Waals surface area (Å²) in [6, 6.07) is 14.8. The van der Waals surface area contributed by atoms with E-state index in [4.69, 9.17) is 18.7 Å². The highest BCUT2D eigenvalue weighted by atomic mass is 32.2. The van der Waals surface area contributed by atoms with Crippen molar-refractivity contribution in [2.75, 3.05) is 38.2 Å².